The van der Waals surface area contributed by atoms with Crippen LogP contribution in [0.2, 0.25) is 0 Å². The van der Waals surface area contributed by atoms with Crippen LogP contribution in [-0.2, 0) is 29.2 Å². The molecular formula is C20H42O8S2. The van der Waals surface area contributed by atoms with Gasteiger partial charge in [0, 0.05) is 0 Å². The third-order valence-corrected chi connectivity index (χ3v) is 6.02. The molecule has 0 saturated heterocycles. The molecule has 0 fully saturated rings. The Morgan fingerprint density at radius 2 is 1.00 bits per heavy atom. The van der Waals surface area contributed by atoms with Crippen molar-refractivity contribution in [2.45, 2.75) is 122 Å². The summed E-state index contributed by atoms with van der Waals surface area (Å²) < 4.78 is 68.9. The van der Waals surface area contributed by atoms with E-state index in [1.54, 1.807) is 0 Å². The first-order chi connectivity index (χ1) is 14.1. The monoisotopic (exact) mass is 474 g/mol. The highest BCUT2D eigenvalue weighted by Gasteiger charge is 2.16. The smallest absolute Gasteiger partial charge is 0.264 e. The molecule has 0 heterocycles. The van der Waals surface area contributed by atoms with E-state index in [2.05, 4.69) is 4.18 Å². The van der Waals surface area contributed by atoms with E-state index in [9.17, 15) is 16.8 Å². The third kappa shape index (κ3) is 24.0. The van der Waals surface area contributed by atoms with Gasteiger partial charge in [-0.05, 0) is 19.3 Å². The van der Waals surface area contributed by atoms with E-state index in [0.717, 1.165) is 51.4 Å². The van der Waals surface area contributed by atoms with Gasteiger partial charge < -0.3 is 0 Å². The van der Waals surface area contributed by atoms with Gasteiger partial charge >= 0.3 is 20.8 Å². The molecule has 0 saturated carbocycles. The van der Waals surface area contributed by atoms with Crippen LogP contribution in [0.25, 0.3) is 0 Å². The van der Waals surface area contributed by atoms with Gasteiger partial charge in [0.05, 0.1) is 12.7 Å². The molecule has 0 rings (SSSR count). The van der Waals surface area contributed by atoms with Crippen LogP contribution in [0, 0.1) is 0 Å². The zero-order chi connectivity index (χ0) is 22.7. The number of hydrogen-bond donors (Lipinski definition) is 2. The quantitative estimate of drug-likeness (QED) is 0.152. The SMILES string of the molecule is CCCCC(CCCCCCCCCCCCCCCOS(=O)(=O)O)OS(=O)(=O)O. The van der Waals surface area contributed by atoms with Crippen molar-refractivity contribution in [1.29, 1.82) is 0 Å². The summed E-state index contributed by atoms with van der Waals surface area (Å²) in [5.41, 5.74) is 0. The van der Waals surface area contributed by atoms with Gasteiger partial charge in [-0.2, -0.15) is 16.8 Å². The van der Waals surface area contributed by atoms with Crippen molar-refractivity contribution in [3.05, 3.63) is 0 Å². The lowest BCUT2D eigenvalue weighted by molar-refractivity contribution is 0.158. The van der Waals surface area contributed by atoms with E-state index in [1.165, 1.54) is 38.5 Å². The molecule has 0 bridgehead atoms. The van der Waals surface area contributed by atoms with E-state index in [0.29, 0.717) is 19.3 Å². The van der Waals surface area contributed by atoms with Crippen LogP contribution in [-0.4, -0.2) is 38.7 Å². The Hall–Kier alpha value is -0.260. The average molecular weight is 475 g/mol. The minimum absolute atomic E-state index is 0.0474. The van der Waals surface area contributed by atoms with Crippen molar-refractivity contribution in [1.82, 2.24) is 0 Å². The van der Waals surface area contributed by atoms with Gasteiger partial charge in [0.25, 0.3) is 0 Å². The predicted molar refractivity (Wildman–Crippen MR) is 118 cm³/mol. The van der Waals surface area contributed by atoms with Crippen LogP contribution in [0.1, 0.15) is 116 Å². The molecule has 0 amide bonds. The average Bonchev–Trinajstić information content (AvgIpc) is 2.63. The number of hydrogen-bond acceptors (Lipinski definition) is 6. The van der Waals surface area contributed by atoms with E-state index < -0.39 is 26.9 Å². The highest BCUT2D eigenvalue weighted by molar-refractivity contribution is 7.81. The summed E-state index contributed by atoms with van der Waals surface area (Å²) in [7, 11) is -8.66. The fourth-order valence-corrected chi connectivity index (χ4v) is 4.29. The van der Waals surface area contributed by atoms with E-state index in [-0.39, 0.29) is 6.61 Å². The van der Waals surface area contributed by atoms with Gasteiger partial charge in [-0.3, -0.25) is 9.11 Å². The molecule has 1 unspecified atom stereocenters. The van der Waals surface area contributed by atoms with Gasteiger partial charge in [-0.25, -0.2) is 8.37 Å². The summed E-state index contributed by atoms with van der Waals surface area (Å²) >= 11 is 0. The fraction of sp³-hybridized carbons (Fsp3) is 1.00. The molecule has 30 heavy (non-hydrogen) atoms. The van der Waals surface area contributed by atoms with E-state index in [1.807, 2.05) is 6.92 Å². The molecule has 0 aliphatic carbocycles. The molecule has 8 nitrogen and oxygen atoms in total. The van der Waals surface area contributed by atoms with Gasteiger partial charge in [0.1, 0.15) is 0 Å². The Morgan fingerprint density at radius 3 is 1.40 bits per heavy atom. The summed E-state index contributed by atoms with van der Waals surface area (Å²) in [4.78, 5) is 0. The first-order valence-electron chi connectivity index (χ1n) is 11.4. The maximum atomic E-state index is 10.9. The molecule has 0 spiro atoms. The second-order valence-corrected chi connectivity index (χ2v) is 10.1. The highest BCUT2D eigenvalue weighted by atomic mass is 32.3. The zero-order valence-electron chi connectivity index (χ0n) is 18.5. The first-order valence-corrected chi connectivity index (χ1v) is 14.1. The largest absolute Gasteiger partial charge is 0.397 e. The Kier molecular flexibility index (Phi) is 18.2. The summed E-state index contributed by atoms with van der Waals surface area (Å²) in [6.45, 7) is 2.09. The molecule has 10 heteroatoms. The number of rotatable bonds is 22. The van der Waals surface area contributed by atoms with Crippen LogP contribution in [0.3, 0.4) is 0 Å². The van der Waals surface area contributed by atoms with E-state index in [4.69, 9.17) is 13.3 Å². The summed E-state index contributed by atoms with van der Waals surface area (Å²) in [6.07, 6.45) is 16.9. The standard InChI is InChI=1S/C20H42O8S2/c1-2-3-17-20(28-30(24,25)26)18-15-13-11-9-7-5-4-6-8-10-12-14-16-19-27-29(21,22)23/h20H,2-19H2,1H3,(H,21,22,23)(H,24,25,26). The maximum absolute atomic E-state index is 10.9. The summed E-state index contributed by atoms with van der Waals surface area (Å²) in [5, 5.41) is 0. The zero-order valence-corrected chi connectivity index (χ0v) is 20.1. The lowest BCUT2D eigenvalue weighted by Gasteiger charge is -2.14. The minimum atomic E-state index is -4.37. The molecule has 0 aromatic heterocycles. The van der Waals surface area contributed by atoms with Crippen molar-refractivity contribution in [2.75, 3.05) is 6.61 Å². The first kappa shape index (κ1) is 29.7. The van der Waals surface area contributed by atoms with Crippen molar-refractivity contribution >= 4 is 20.8 Å². The van der Waals surface area contributed by atoms with Crippen LogP contribution < -0.4 is 0 Å². The van der Waals surface area contributed by atoms with E-state index >= 15 is 0 Å². The second-order valence-electron chi connectivity index (χ2n) is 7.92. The van der Waals surface area contributed by atoms with Gasteiger partial charge in [0.15, 0.2) is 0 Å². The van der Waals surface area contributed by atoms with Gasteiger partial charge in [-0.1, -0.05) is 96.8 Å². The van der Waals surface area contributed by atoms with Crippen LogP contribution in [0.4, 0.5) is 0 Å². The molecule has 0 aromatic rings. The normalized spacial score (nSPS) is 13.6. The Balaban J connectivity index is 3.42. The maximum Gasteiger partial charge on any atom is 0.397 e. The lowest BCUT2D eigenvalue weighted by Crippen LogP contribution is -2.18. The summed E-state index contributed by atoms with van der Waals surface area (Å²) in [5.74, 6) is 0. The number of unbranched alkanes of at least 4 members (excludes halogenated alkanes) is 13. The van der Waals surface area contributed by atoms with Gasteiger partial charge in [0.2, 0.25) is 0 Å². The highest BCUT2D eigenvalue weighted by Crippen LogP contribution is 2.17. The Morgan fingerprint density at radius 1 is 0.600 bits per heavy atom. The Labute approximate surface area is 184 Å². The molecule has 0 aliphatic rings. The molecule has 1 atom stereocenters. The van der Waals surface area contributed by atoms with Crippen molar-refractivity contribution < 1.29 is 34.3 Å². The minimum Gasteiger partial charge on any atom is -0.264 e. The predicted octanol–water partition coefficient (Wildman–Crippen LogP) is 5.65. The second kappa shape index (κ2) is 18.3. The summed E-state index contributed by atoms with van der Waals surface area (Å²) in [6, 6.07) is 0. The molecule has 182 valence electrons. The van der Waals surface area contributed by atoms with Crippen molar-refractivity contribution in [3.8, 4) is 0 Å². The lowest BCUT2D eigenvalue weighted by atomic mass is 10.0. The molecule has 0 aromatic carbocycles. The molecular weight excluding hydrogens is 432 g/mol. The Bertz CT molecular complexity index is 590. The van der Waals surface area contributed by atoms with Crippen LogP contribution in [0.5, 0.6) is 0 Å². The van der Waals surface area contributed by atoms with Crippen molar-refractivity contribution in [2.24, 2.45) is 0 Å². The molecule has 2 N–H and O–H groups in total. The third-order valence-electron chi connectivity index (χ3n) is 5.04. The molecule has 0 radical (unpaired) electrons. The van der Waals surface area contributed by atoms with Crippen LogP contribution >= 0.6 is 0 Å². The topological polar surface area (TPSA) is 127 Å². The van der Waals surface area contributed by atoms with Crippen molar-refractivity contribution in [3.63, 3.8) is 0 Å². The molecule has 0 aliphatic heterocycles. The van der Waals surface area contributed by atoms with Crippen LogP contribution in [0.15, 0.2) is 0 Å². The fourth-order valence-electron chi connectivity index (χ4n) is 3.43. The van der Waals surface area contributed by atoms with Gasteiger partial charge in [-0.15, -0.1) is 0 Å².